The molecule has 9 nitrogen and oxygen atoms in total. The Balaban J connectivity index is 1.74. The topological polar surface area (TPSA) is 139 Å². The summed E-state index contributed by atoms with van der Waals surface area (Å²) in [6.07, 6.45) is 0.148. The molecule has 0 aliphatic carbocycles. The number of nitrogens with one attached hydrogen (secondary N) is 1. The van der Waals surface area contributed by atoms with Gasteiger partial charge in [0.25, 0.3) is 0 Å². The zero-order valence-electron chi connectivity index (χ0n) is 17.8. The first-order chi connectivity index (χ1) is 15.2. The maximum Gasteiger partial charge on any atom is 0.335 e. The maximum atomic E-state index is 12.9. The molecule has 1 aliphatic heterocycles. The second-order valence-electron chi connectivity index (χ2n) is 7.56. The van der Waals surface area contributed by atoms with E-state index in [2.05, 4.69) is 5.32 Å². The van der Waals surface area contributed by atoms with E-state index in [0.29, 0.717) is 24.2 Å². The molecule has 1 heterocycles. The molecule has 1 atom stereocenters. The number of aromatic carboxylic acids is 1. The van der Waals surface area contributed by atoms with Gasteiger partial charge in [-0.15, -0.1) is 0 Å². The summed E-state index contributed by atoms with van der Waals surface area (Å²) in [6.45, 7) is 3.87. The van der Waals surface area contributed by atoms with Crippen molar-refractivity contribution in [2.75, 3.05) is 0 Å². The Kier molecular flexibility index (Phi) is 6.47. The Bertz CT molecular complexity index is 1030. The summed E-state index contributed by atoms with van der Waals surface area (Å²) in [5, 5.41) is 11.7. The number of primary amides is 1. The van der Waals surface area contributed by atoms with Crippen LogP contribution in [0.25, 0.3) is 0 Å². The minimum absolute atomic E-state index is 0.108. The molecule has 1 unspecified atom stereocenters. The number of carboxylic acid groups (broad SMARTS) is 1. The summed E-state index contributed by atoms with van der Waals surface area (Å²) in [5.41, 5.74) is 5.58. The summed E-state index contributed by atoms with van der Waals surface area (Å²) in [5.74, 6) is -1.56. The monoisotopic (exact) mass is 439 g/mol. The predicted octanol–water partition coefficient (Wildman–Crippen LogP) is 2.75. The number of carbonyl (C=O) groups is 4. The first-order valence-electron chi connectivity index (χ1n) is 10.2. The Hall–Kier alpha value is -3.88. The summed E-state index contributed by atoms with van der Waals surface area (Å²) in [6, 6.07) is 11.7. The largest absolute Gasteiger partial charge is 0.478 e. The molecule has 2 aromatic carbocycles. The Morgan fingerprint density at radius 2 is 1.59 bits per heavy atom. The number of likely N-dealkylation sites (tertiary alicyclic amines) is 1. The van der Waals surface area contributed by atoms with Crippen LogP contribution in [-0.4, -0.2) is 40.0 Å². The van der Waals surface area contributed by atoms with Crippen LogP contribution in [0.2, 0.25) is 0 Å². The van der Waals surface area contributed by atoms with Gasteiger partial charge in [-0.2, -0.15) is 0 Å². The number of amides is 4. The number of nitrogens with zero attached hydrogens (tertiary/aromatic N) is 1. The molecule has 2 aromatic rings. The van der Waals surface area contributed by atoms with Gasteiger partial charge < -0.3 is 20.9 Å². The molecule has 0 aromatic heterocycles. The van der Waals surface area contributed by atoms with E-state index in [-0.39, 0.29) is 18.0 Å². The van der Waals surface area contributed by atoms with Crippen LogP contribution in [0.1, 0.15) is 53.0 Å². The van der Waals surface area contributed by atoms with Gasteiger partial charge in [-0.3, -0.25) is 9.59 Å². The molecular formula is C23H25N3O6. The van der Waals surface area contributed by atoms with E-state index in [1.165, 1.54) is 24.3 Å². The lowest BCUT2D eigenvalue weighted by Gasteiger charge is -2.53. The highest BCUT2D eigenvalue weighted by atomic mass is 16.5. The fourth-order valence-electron chi connectivity index (χ4n) is 3.75. The number of urea groups is 1. The first kappa shape index (κ1) is 22.8. The van der Waals surface area contributed by atoms with Crippen molar-refractivity contribution in [3.63, 3.8) is 0 Å². The van der Waals surface area contributed by atoms with Crippen LogP contribution in [-0.2, 0) is 11.3 Å². The normalized spacial score (nSPS) is 16.8. The minimum Gasteiger partial charge on any atom is -0.478 e. The molecule has 1 saturated heterocycles. The lowest BCUT2D eigenvalue weighted by molar-refractivity contribution is -0.190. The second-order valence-corrected chi connectivity index (χ2v) is 7.56. The molecule has 1 aliphatic rings. The van der Waals surface area contributed by atoms with Crippen molar-refractivity contribution in [2.24, 2.45) is 11.1 Å². The maximum absolute atomic E-state index is 12.9. The van der Waals surface area contributed by atoms with Crippen LogP contribution >= 0.6 is 0 Å². The predicted molar refractivity (Wildman–Crippen MR) is 115 cm³/mol. The van der Waals surface area contributed by atoms with Gasteiger partial charge in [-0.05, 0) is 54.8 Å². The molecule has 0 bridgehead atoms. The molecule has 4 N–H and O–H groups in total. The highest BCUT2D eigenvalue weighted by Gasteiger charge is 2.62. The molecule has 0 saturated carbocycles. The third-order valence-electron chi connectivity index (χ3n) is 5.86. The number of nitrogens with two attached hydrogens (primary N) is 1. The minimum atomic E-state index is -1.06. The van der Waals surface area contributed by atoms with Crippen LogP contribution in [0, 0.1) is 5.41 Å². The zero-order chi connectivity index (χ0) is 23.5. The van der Waals surface area contributed by atoms with Crippen molar-refractivity contribution in [3.05, 3.63) is 65.2 Å². The summed E-state index contributed by atoms with van der Waals surface area (Å²) < 4.78 is 5.98. The Morgan fingerprint density at radius 1 is 1.03 bits per heavy atom. The number of carboxylic acids is 1. The standard InChI is InChI=1S/C23H25N3O6/c1-3-23(4-2)20(30)26(21(23)32-17-11-9-16(10-12-17)19(28)29)22(31)25-13-14-5-7-15(8-6-14)18(24)27/h5-12,21H,3-4,13H2,1-2H3,(H2,24,27)(H,25,31)(H,28,29). The van der Waals surface area contributed by atoms with Gasteiger partial charge in [-0.1, -0.05) is 26.0 Å². The molecular weight excluding hydrogens is 414 g/mol. The van der Waals surface area contributed by atoms with Crippen LogP contribution in [0.4, 0.5) is 4.79 Å². The van der Waals surface area contributed by atoms with E-state index in [9.17, 15) is 19.2 Å². The van der Waals surface area contributed by atoms with E-state index >= 15 is 0 Å². The highest BCUT2D eigenvalue weighted by Crippen LogP contribution is 2.46. The number of hydrogen-bond acceptors (Lipinski definition) is 5. The summed E-state index contributed by atoms with van der Waals surface area (Å²) in [7, 11) is 0. The van der Waals surface area contributed by atoms with Crippen molar-refractivity contribution >= 4 is 23.8 Å². The fraction of sp³-hybridized carbons (Fsp3) is 0.304. The van der Waals surface area contributed by atoms with E-state index in [1.54, 1.807) is 24.3 Å². The molecule has 168 valence electrons. The quantitative estimate of drug-likeness (QED) is 0.541. The average molecular weight is 439 g/mol. The number of carbonyl (C=O) groups excluding carboxylic acids is 3. The van der Waals surface area contributed by atoms with Crippen molar-refractivity contribution in [1.29, 1.82) is 0 Å². The van der Waals surface area contributed by atoms with Gasteiger partial charge >= 0.3 is 12.0 Å². The van der Waals surface area contributed by atoms with Gasteiger partial charge in [0.1, 0.15) is 11.2 Å². The summed E-state index contributed by atoms with van der Waals surface area (Å²) >= 11 is 0. The number of imide groups is 1. The lowest BCUT2D eigenvalue weighted by atomic mass is 9.72. The van der Waals surface area contributed by atoms with Crippen LogP contribution in [0.5, 0.6) is 5.75 Å². The molecule has 9 heteroatoms. The number of ether oxygens (including phenoxy) is 1. The smallest absolute Gasteiger partial charge is 0.335 e. The first-order valence-corrected chi connectivity index (χ1v) is 10.2. The summed E-state index contributed by atoms with van der Waals surface area (Å²) in [4.78, 5) is 49.0. The number of benzene rings is 2. The second kappa shape index (κ2) is 9.09. The van der Waals surface area contributed by atoms with Gasteiger partial charge in [-0.25, -0.2) is 14.5 Å². The van der Waals surface area contributed by atoms with Crippen molar-refractivity contribution in [1.82, 2.24) is 10.2 Å². The number of hydrogen-bond donors (Lipinski definition) is 3. The molecule has 0 spiro atoms. The average Bonchev–Trinajstić information content (AvgIpc) is 2.79. The van der Waals surface area contributed by atoms with E-state index in [1.807, 2.05) is 13.8 Å². The van der Waals surface area contributed by atoms with Crippen LogP contribution in [0.15, 0.2) is 48.5 Å². The number of β-lactam (4-membered cyclic amide) rings is 1. The Morgan fingerprint density at radius 3 is 2.09 bits per heavy atom. The Labute approximate surface area is 185 Å². The van der Waals surface area contributed by atoms with E-state index in [0.717, 1.165) is 10.5 Å². The van der Waals surface area contributed by atoms with Gasteiger partial charge in [0.2, 0.25) is 11.8 Å². The molecule has 3 rings (SSSR count). The van der Waals surface area contributed by atoms with Gasteiger partial charge in [0.05, 0.1) is 5.56 Å². The van der Waals surface area contributed by atoms with Crippen molar-refractivity contribution in [2.45, 2.75) is 39.5 Å². The zero-order valence-corrected chi connectivity index (χ0v) is 17.8. The SMILES string of the molecule is CCC1(CC)C(=O)N(C(=O)NCc2ccc(C(N)=O)cc2)C1Oc1ccc(C(=O)O)cc1. The molecule has 4 amide bonds. The molecule has 32 heavy (non-hydrogen) atoms. The van der Waals surface area contributed by atoms with Crippen molar-refractivity contribution < 1.29 is 29.0 Å². The molecule has 1 fully saturated rings. The molecule has 0 radical (unpaired) electrons. The lowest BCUT2D eigenvalue weighted by Crippen LogP contribution is -2.73. The number of rotatable bonds is 8. The highest BCUT2D eigenvalue weighted by molar-refractivity contribution is 6.03. The van der Waals surface area contributed by atoms with E-state index < -0.39 is 29.6 Å². The van der Waals surface area contributed by atoms with E-state index in [4.69, 9.17) is 15.6 Å². The third kappa shape index (κ3) is 4.14. The van der Waals surface area contributed by atoms with Gasteiger partial charge in [0.15, 0.2) is 6.23 Å². The fourth-order valence-corrected chi connectivity index (χ4v) is 3.75. The van der Waals surface area contributed by atoms with Crippen LogP contribution in [0.3, 0.4) is 0 Å². The van der Waals surface area contributed by atoms with Crippen molar-refractivity contribution in [3.8, 4) is 5.75 Å². The third-order valence-corrected chi connectivity index (χ3v) is 5.86. The van der Waals surface area contributed by atoms with Crippen LogP contribution < -0.4 is 15.8 Å². The van der Waals surface area contributed by atoms with Gasteiger partial charge in [0, 0.05) is 12.1 Å².